The summed E-state index contributed by atoms with van der Waals surface area (Å²) >= 11 is 0. The third-order valence-electron chi connectivity index (χ3n) is 4.58. The molecule has 0 spiro atoms. The highest BCUT2D eigenvalue weighted by Gasteiger charge is 2.19. The maximum Gasteiger partial charge on any atom is 0.257 e. The van der Waals surface area contributed by atoms with Crippen LogP contribution in [0.4, 0.5) is 14.5 Å². The van der Waals surface area contributed by atoms with E-state index in [4.69, 9.17) is 0 Å². The van der Waals surface area contributed by atoms with Gasteiger partial charge in [-0.1, -0.05) is 12.1 Å². The molecule has 2 aromatic heterocycles. The fourth-order valence-electron chi connectivity index (χ4n) is 3.22. The number of anilines is 1. The van der Waals surface area contributed by atoms with Gasteiger partial charge in [-0.25, -0.2) is 13.5 Å². The molecule has 29 heavy (non-hydrogen) atoms. The first-order chi connectivity index (χ1) is 14.0. The Morgan fingerprint density at radius 2 is 1.83 bits per heavy atom. The molecule has 9 heteroatoms. The van der Waals surface area contributed by atoms with Crippen LogP contribution in [0.1, 0.15) is 21.7 Å². The maximum atomic E-state index is 14.3. The third kappa shape index (κ3) is 3.38. The van der Waals surface area contributed by atoms with Gasteiger partial charge in [0.1, 0.15) is 18.0 Å². The minimum Gasteiger partial charge on any atom is -0.319 e. The minimum atomic E-state index is -0.599. The van der Waals surface area contributed by atoms with Crippen LogP contribution in [0.5, 0.6) is 0 Å². The predicted octanol–water partition coefficient (Wildman–Crippen LogP) is 3.60. The number of carbonyl (C=O) groups is 1. The van der Waals surface area contributed by atoms with Crippen molar-refractivity contribution in [2.75, 3.05) is 5.32 Å². The fourth-order valence-corrected chi connectivity index (χ4v) is 3.22. The molecule has 0 saturated heterocycles. The molecule has 0 aliphatic rings. The van der Waals surface area contributed by atoms with E-state index in [1.165, 1.54) is 35.3 Å². The molecule has 146 valence electrons. The van der Waals surface area contributed by atoms with Crippen molar-refractivity contribution in [2.45, 2.75) is 13.8 Å². The van der Waals surface area contributed by atoms with Crippen LogP contribution in [0.15, 0.2) is 54.9 Å². The van der Waals surface area contributed by atoms with Crippen molar-refractivity contribution in [2.24, 2.45) is 0 Å². The second kappa shape index (κ2) is 7.27. The molecule has 2 heterocycles. The Bertz CT molecular complexity index is 1200. The first-order valence-corrected chi connectivity index (χ1v) is 8.74. The summed E-state index contributed by atoms with van der Waals surface area (Å²) in [5, 5.41) is 13.4. The maximum absolute atomic E-state index is 14.3. The highest BCUT2D eigenvalue weighted by molar-refractivity contribution is 6.05. The van der Waals surface area contributed by atoms with Gasteiger partial charge in [-0.05, 0) is 60.7 Å². The van der Waals surface area contributed by atoms with Crippen molar-refractivity contribution >= 4 is 11.6 Å². The van der Waals surface area contributed by atoms with E-state index in [2.05, 4.69) is 20.8 Å². The Morgan fingerprint density at radius 3 is 2.55 bits per heavy atom. The molecule has 0 aliphatic carbocycles. The third-order valence-corrected chi connectivity index (χ3v) is 4.58. The van der Waals surface area contributed by atoms with Gasteiger partial charge in [0.25, 0.3) is 5.91 Å². The molecule has 0 aliphatic heterocycles. The highest BCUT2D eigenvalue weighted by Crippen LogP contribution is 2.25. The monoisotopic (exact) mass is 394 g/mol. The molecule has 0 atom stereocenters. The number of aryl methyl sites for hydroxylation is 1. The second-order valence-corrected chi connectivity index (χ2v) is 6.44. The number of hydrogen-bond donors (Lipinski definition) is 1. The smallest absolute Gasteiger partial charge is 0.257 e. The lowest BCUT2D eigenvalue weighted by Crippen LogP contribution is -2.14. The van der Waals surface area contributed by atoms with Crippen LogP contribution in [0.25, 0.3) is 11.4 Å². The van der Waals surface area contributed by atoms with Gasteiger partial charge >= 0.3 is 0 Å². The summed E-state index contributed by atoms with van der Waals surface area (Å²) in [6, 6.07) is 12.1. The lowest BCUT2D eigenvalue weighted by Gasteiger charge is -2.11. The van der Waals surface area contributed by atoms with Crippen molar-refractivity contribution < 1.29 is 13.6 Å². The number of para-hydroxylation sites is 1. The summed E-state index contributed by atoms with van der Waals surface area (Å²) in [4.78, 5) is 12.8. The number of rotatable bonds is 4. The molecule has 1 amide bonds. The van der Waals surface area contributed by atoms with Crippen LogP contribution in [0, 0.1) is 25.5 Å². The second-order valence-electron chi connectivity index (χ2n) is 6.44. The minimum absolute atomic E-state index is 0.0151. The number of aromatic nitrogens is 5. The molecule has 0 bridgehead atoms. The Balaban J connectivity index is 1.68. The van der Waals surface area contributed by atoms with E-state index in [-0.39, 0.29) is 5.69 Å². The van der Waals surface area contributed by atoms with Crippen LogP contribution in [-0.4, -0.2) is 30.7 Å². The summed E-state index contributed by atoms with van der Waals surface area (Å²) in [5.74, 6) is -1.51. The molecule has 0 radical (unpaired) electrons. The summed E-state index contributed by atoms with van der Waals surface area (Å²) < 4.78 is 31.5. The number of nitrogens with one attached hydrogen (secondary N) is 1. The standard InChI is InChI=1S/C20H16F2N6O/c1-12-9-15(13(2)28(12)19-6-4-3-5-17(19)22)20(29)24-18-10-14(7-8-16(18)21)27-11-23-25-26-27/h3-11H,1-2H3,(H,24,29). The molecule has 4 aromatic rings. The number of amides is 1. The number of benzene rings is 2. The molecular formula is C20H16F2N6O. The molecule has 1 N–H and O–H groups in total. The van der Waals surface area contributed by atoms with Crippen LogP contribution in [-0.2, 0) is 0 Å². The Labute approximate surface area is 164 Å². The summed E-state index contributed by atoms with van der Waals surface area (Å²) in [5.41, 5.74) is 2.36. The van der Waals surface area contributed by atoms with Gasteiger partial charge in [-0.2, -0.15) is 0 Å². The number of carbonyl (C=O) groups excluding carboxylic acids is 1. The summed E-state index contributed by atoms with van der Waals surface area (Å²) in [7, 11) is 0. The molecule has 0 unspecified atom stereocenters. The van der Waals surface area contributed by atoms with Gasteiger partial charge in [0.2, 0.25) is 0 Å². The average Bonchev–Trinajstić information content (AvgIpc) is 3.33. The lowest BCUT2D eigenvalue weighted by atomic mass is 10.2. The first-order valence-electron chi connectivity index (χ1n) is 8.74. The van der Waals surface area contributed by atoms with Crippen molar-refractivity contribution in [3.8, 4) is 11.4 Å². The van der Waals surface area contributed by atoms with E-state index in [9.17, 15) is 13.6 Å². The van der Waals surface area contributed by atoms with E-state index in [0.717, 1.165) is 0 Å². The van der Waals surface area contributed by atoms with Gasteiger partial charge in [0.15, 0.2) is 0 Å². The largest absolute Gasteiger partial charge is 0.319 e. The quantitative estimate of drug-likeness (QED) is 0.574. The molecule has 0 saturated carbocycles. The average molecular weight is 394 g/mol. The molecule has 7 nitrogen and oxygen atoms in total. The summed E-state index contributed by atoms with van der Waals surface area (Å²) in [6.07, 6.45) is 1.36. The number of nitrogens with zero attached hydrogens (tertiary/aromatic N) is 5. The van der Waals surface area contributed by atoms with E-state index < -0.39 is 17.5 Å². The lowest BCUT2D eigenvalue weighted by molar-refractivity contribution is 0.102. The number of hydrogen-bond acceptors (Lipinski definition) is 4. The van der Waals surface area contributed by atoms with Crippen LogP contribution >= 0.6 is 0 Å². The van der Waals surface area contributed by atoms with Crippen LogP contribution < -0.4 is 5.32 Å². The van der Waals surface area contributed by atoms with Crippen molar-refractivity contribution in [3.05, 3.63) is 83.4 Å². The van der Waals surface area contributed by atoms with E-state index in [1.54, 1.807) is 42.7 Å². The van der Waals surface area contributed by atoms with Crippen molar-refractivity contribution in [1.29, 1.82) is 0 Å². The number of tetrazole rings is 1. The van der Waals surface area contributed by atoms with Crippen molar-refractivity contribution in [3.63, 3.8) is 0 Å². The molecular weight excluding hydrogens is 378 g/mol. The zero-order chi connectivity index (χ0) is 20.5. The topological polar surface area (TPSA) is 77.6 Å². The van der Waals surface area contributed by atoms with E-state index >= 15 is 0 Å². The van der Waals surface area contributed by atoms with Gasteiger partial charge in [0.05, 0.1) is 22.6 Å². The molecule has 0 fully saturated rings. The van der Waals surface area contributed by atoms with Gasteiger partial charge in [-0.15, -0.1) is 5.10 Å². The van der Waals surface area contributed by atoms with E-state index in [1.807, 2.05) is 0 Å². The highest BCUT2D eigenvalue weighted by atomic mass is 19.1. The van der Waals surface area contributed by atoms with E-state index in [0.29, 0.717) is 28.3 Å². The zero-order valence-corrected chi connectivity index (χ0v) is 15.6. The van der Waals surface area contributed by atoms with Gasteiger partial charge in [-0.3, -0.25) is 4.79 Å². The zero-order valence-electron chi connectivity index (χ0n) is 15.6. The summed E-state index contributed by atoms with van der Waals surface area (Å²) in [6.45, 7) is 3.48. The van der Waals surface area contributed by atoms with Crippen molar-refractivity contribution in [1.82, 2.24) is 24.8 Å². The van der Waals surface area contributed by atoms with Gasteiger partial charge in [0, 0.05) is 11.4 Å². The molecule has 4 rings (SSSR count). The Kier molecular flexibility index (Phi) is 4.63. The normalized spacial score (nSPS) is 10.9. The number of halogens is 2. The Hall–Kier alpha value is -3.88. The van der Waals surface area contributed by atoms with Crippen LogP contribution in [0.3, 0.4) is 0 Å². The fraction of sp³-hybridized carbons (Fsp3) is 0.100. The SMILES string of the molecule is Cc1cc(C(=O)Nc2cc(-n3cnnn3)ccc2F)c(C)n1-c1ccccc1F. The Morgan fingerprint density at radius 1 is 1.03 bits per heavy atom. The van der Waals surface area contributed by atoms with Gasteiger partial charge < -0.3 is 9.88 Å². The van der Waals surface area contributed by atoms with Crippen LogP contribution in [0.2, 0.25) is 0 Å². The first kappa shape index (κ1) is 18.5. The predicted molar refractivity (Wildman–Crippen MR) is 102 cm³/mol. The molecule has 2 aromatic carbocycles.